The summed E-state index contributed by atoms with van der Waals surface area (Å²) < 4.78 is 13.4. The molecule has 1 atom stereocenters. The van der Waals surface area contributed by atoms with E-state index in [1.807, 2.05) is 0 Å². The van der Waals surface area contributed by atoms with Gasteiger partial charge in [-0.05, 0) is 17.0 Å². The van der Waals surface area contributed by atoms with Gasteiger partial charge in [0.05, 0.1) is 6.04 Å². The van der Waals surface area contributed by atoms with Gasteiger partial charge in [-0.25, -0.2) is 4.39 Å². The fourth-order valence-electron chi connectivity index (χ4n) is 2.52. The Balaban J connectivity index is 0.00000180. The minimum atomic E-state index is -0.304. The maximum atomic E-state index is 13.4. The van der Waals surface area contributed by atoms with Crippen molar-refractivity contribution in [3.63, 3.8) is 0 Å². The predicted octanol–water partition coefficient (Wildman–Crippen LogP) is 3.15. The molecule has 1 heterocycles. The van der Waals surface area contributed by atoms with Crippen molar-refractivity contribution in [2.75, 3.05) is 32.9 Å². The van der Waals surface area contributed by atoms with E-state index in [0.29, 0.717) is 5.92 Å². The first-order chi connectivity index (χ1) is 8.72. The van der Waals surface area contributed by atoms with Crippen molar-refractivity contribution < 1.29 is 4.39 Å². The average molecular weight is 287 g/mol. The van der Waals surface area contributed by atoms with E-state index in [4.69, 9.17) is 0 Å². The predicted molar refractivity (Wildman–Crippen MR) is 80.9 cm³/mol. The molecule has 1 aromatic rings. The zero-order valence-corrected chi connectivity index (χ0v) is 12.5. The summed E-state index contributed by atoms with van der Waals surface area (Å²) >= 11 is 0. The highest BCUT2D eigenvalue weighted by Gasteiger charge is 2.22. The molecule has 2 nitrogen and oxygen atoms in total. The first-order valence-corrected chi connectivity index (χ1v) is 6.83. The highest BCUT2D eigenvalue weighted by molar-refractivity contribution is 5.85. The third kappa shape index (κ3) is 4.16. The fraction of sp³-hybridized carbons (Fsp3) is 0.600. The normalized spacial score (nSPS) is 18.1. The number of alkyl halides is 1. The number of rotatable bonds is 4. The van der Waals surface area contributed by atoms with Crippen LogP contribution < -0.4 is 5.32 Å². The molecular weight excluding hydrogens is 263 g/mol. The van der Waals surface area contributed by atoms with E-state index in [0.717, 1.165) is 31.7 Å². The van der Waals surface area contributed by atoms with Gasteiger partial charge in [0.1, 0.15) is 6.67 Å². The van der Waals surface area contributed by atoms with Crippen molar-refractivity contribution >= 4 is 12.4 Å². The monoisotopic (exact) mass is 286 g/mol. The summed E-state index contributed by atoms with van der Waals surface area (Å²) in [5.41, 5.74) is 2.41. The Bertz CT molecular complexity index is 378. The van der Waals surface area contributed by atoms with E-state index < -0.39 is 0 Å². The van der Waals surface area contributed by atoms with Crippen molar-refractivity contribution in [1.82, 2.24) is 10.2 Å². The molecule has 0 aromatic heterocycles. The Hall–Kier alpha value is -0.640. The first-order valence-electron chi connectivity index (χ1n) is 6.83. The highest BCUT2D eigenvalue weighted by atomic mass is 35.5. The van der Waals surface area contributed by atoms with Gasteiger partial charge in [0.2, 0.25) is 0 Å². The number of nitrogens with zero attached hydrogens (tertiary/aromatic N) is 1. The van der Waals surface area contributed by atoms with Gasteiger partial charge in [-0.3, -0.25) is 4.90 Å². The maximum Gasteiger partial charge on any atom is 0.109 e. The molecule has 1 fully saturated rings. The SMILES string of the molecule is CC(C)c1cccc([C@H](CF)N2CCNCC2)c1.Cl. The van der Waals surface area contributed by atoms with Crippen LogP contribution in [0.5, 0.6) is 0 Å². The van der Waals surface area contributed by atoms with Gasteiger partial charge in [-0.2, -0.15) is 0 Å². The van der Waals surface area contributed by atoms with Crippen molar-refractivity contribution in [2.45, 2.75) is 25.8 Å². The third-order valence-corrected chi connectivity index (χ3v) is 3.70. The molecule has 0 amide bonds. The van der Waals surface area contributed by atoms with Gasteiger partial charge in [0.15, 0.2) is 0 Å². The molecule has 1 aromatic carbocycles. The molecule has 19 heavy (non-hydrogen) atoms. The molecule has 0 spiro atoms. The first kappa shape index (κ1) is 16.4. The Morgan fingerprint density at radius 3 is 2.42 bits per heavy atom. The summed E-state index contributed by atoms with van der Waals surface area (Å²) in [6.07, 6.45) is 0. The molecule has 2 rings (SSSR count). The van der Waals surface area contributed by atoms with Crippen LogP contribution in [0.2, 0.25) is 0 Å². The summed E-state index contributed by atoms with van der Waals surface area (Å²) in [6.45, 7) is 7.83. The fourth-order valence-corrected chi connectivity index (χ4v) is 2.52. The van der Waals surface area contributed by atoms with E-state index in [-0.39, 0.29) is 25.1 Å². The van der Waals surface area contributed by atoms with Gasteiger partial charge >= 0.3 is 0 Å². The summed E-state index contributed by atoms with van der Waals surface area (Å²) in [5.74, 6) is 0.494. The lowest BCUT2D eigenvalue weighted by Crippen LogP contribution is -2.45. The lowest BCUT2D eigenvalue weighted by molar-refractivity contribution is 0.147. The second-order valence-electron chi connectivity index (χ2n) is 5.28. The van der Waals surface area contributed by atoms with Crippen LogP contribution in [-0.2, 0) is 0 Å². The van der Waals surface area contributed by atoms with Crippen molar-refractivity contribution in [1.29, 1.82) is 0 Å². The molecule has 0 bridgehead atoms. The quantitative estimate of drug-likeness (QED) is 0.915. The van der Waals surface area contributed by atoms with E-state index in [1.165, 1.54) is 5.56 Å². The number of halogens is 2. The van der Waals surface area contributed by atoms with Gasteiger partial charge in [-0.15, -0.1) is 12.4 Å². The van der Waals surface area contributed by atoms with E-state index in [2.05, 4.69) is 48.3 Å². The van der Waals surface area contributed by atoms with Crippen LogP contribution in [0.3, 0.4) is 0 Å². The number of hydrogen-bond acceptors (Lipinski definition) is 2. The van der Waals surface area contributed by atoms with E-state index >= 15 is 0 Å². The van der Waals surface area contributed by atoms with Crippen LogP contribution in [-0.4, -0.2) is 37.8 Å². The molecule has 1 aliphatic rings. The molecule has 108 valence electrons. The lowest BCUT2D eigenvalue weighted by Gasteiger charge is -2.33. The third-order valence-electron chi connectivity index (χ3n) is 3.70. The molecule has 0 saturated carbocycles. The standard InChI is InChI=1S/C15H23FN2.ClH/c1-12(2)13-4-3-5-14(10-13)15(11-16)18-8-6-17-7-9-18;/h3-5,10,12,15,17H,6-9,11H2,1-2H3;1H/t15-;/m0./s1. The van der Waals surface area contributed by atoms with Crippen LogP contribution >= 0.6 is 12.4 Å². The molecule has 4 heteroatoms. The summed E-state index contributed by atoms with van der Waals surface area (Å²) in [7, 11) is 0. The van der Waals surface area contributed by atoms with E-state index in [1.54, 1.807) is 0 Å². The second-order valence-corrected chi connectivity index (χ2v) is 5.28. The highest BCUT2D eigenvalue weighted by Crippen LogP contribution is 2.25. The minimum Gasteiger partial charge on any atom is -0.314 e. The van der Waals surface area contributed by atoms with Gasteiger partial charge < -0.3 is 5.32 Å². The lowest BCUT2D eigenvalue weighted by atomic mass is 9.97. The molecule has 1 aliphatic heterocycles. The largest absolute Gasteiger partial charge is 0.314 e. The van der Waals surface area contributed by atoms with Crippen LogP contribution in [0, 0.1) is 0 Å². The van der Waals surface area contributed by atoms with Crippen molar-refractivity contribution in [3.8, 4) is 0 Å². The number of nitrogens with one attached hydrogen (secondary N) is 1. The van der Waals surface area contributed by atoms with Crippen LogP contribution in [0.1, 0.15) is 36.9 Å². The summed E-state index contributed by atoms with van der Waals surface area (Å²) in [5, 5.41) is 3.31. The molecule has 0 radical (unpaired) electrons. The Morgan fingerprint density at radius 1 is 1.21 bits per heavy atom. The van der Waals surface area contributed by atoms with Gasteiger partial charge in [0.25, 0.3) is 0 Å². The van der Waals surface area contributed by atoms with Gasteiger partial charge in [0, 0.05) is 26.2 Å². The van der Waals surface area contributed by atoms with Crippen LogP contribution in [0.25, 0.3) is 0 Å². The number of hydrogen-bond donors (Lipinski definition) is 1. The second kappa shape index (κ2) is 7.83. The Kier molecular flexibility index (Phi) is 6.76. The van der Waals surface area contributed by atoms with Crippen LogP contribution in [0.15, 0.2) is 24.3 Å². The average Bonchev–Trinajstić information content (AvgIpc) is 2.41. The van der Waals surface area contributed by atoms with E-state index in [9.17, 15) is 4.39 Å². The zero-order chi connectivity index (χ0) is 13.0. The number of piperazine rings is 1. The smallest absolute Gasteiger partial charge is 0.109 e. The summed E-state index contributed by atoms with van der Waals surface area (Å²) in [4.78, 5) is 2.25. The molecular formula is C15H24ClFN2. The zero-order valence-electron chi connectivity index (χ0n) is 11.7. The minimum absolute atomic E-state index is 0. The number of benzene rings is 1. The van der Waals surface area contributed by atoms with Crippen molar-refractivity contribution in [3.05, 3.63) is 35.4 Å². The van der Waals surface area contributed by atoms with Crippen molar-refractivity contribution in [2.24, 2.45) is 0 Å². The topological polar surface area (TPSA) is 15.3 Å². The molecule has 0 unspecified atom stereocenters. The summed E-state index contributed by atoms with van der Waals surface area (Å²) in [6, 6.07) is 8.32. The van der Waals surface area contributed by atoms with Crippen LogP contribution in [0.4, 0.5) is 4.39 Å². The Labute approximate surface area is 121 Å². The molecule has 0 aliphatic carbocycles. The maximum absolute atomic E-state index is 13.4. The molecule has 1 N–H and O–H groups in total. The molecule has 1 saturated heterocycles. The Morgan fingerprint density at radius 2 is 1.84 bits per heavy atom. The van der Waals surface area contributed by atoms with Gasteiger partial charge in [-0.1, -0.05) is 38.1 Å².